The Morgan fingerprint density at radius 1 is 0.281 bits per heavy atom. The van der Waals surface area contributed by atoms with Crippen molar-refractivity contribution < 1.29 is 4.42 Å². The predicted octanol–water partition coefficient (Wildman–Crippen LogP) is 17.7. The van der Waals surface area contributed by atoms with Crippen molar-refractivity contribution in [1.29, 1.82) is 0 Å². The Balaban J connectivity index is 1.15. The highest BCUT2D eigenvalue weighted by Crippen LogP contribution is 2.49. The van der Waals surface area contributed by atoms with Gasteiger partial charge in [-0.25, -0.2) is 0 Å². The molecule has 11 aromatic carbocycles. The van der Waals surface area contributed by atoms with E-state index in [2.05, 4.69) is 248 Å². The zero-order chi connectivity index (χ0) is 42.4. The maximum atomic E-state index is 6.64. The van der Waals surface area contributed by atoms with E-state index in [-0.39, 0.29) is 0 Å². The van der Waals surface area contributed by atoms with E-state index in [1.165, 1.54) is 43.8 Å². The van der Waals surface area contributed by atoms with E-state index in [0.29, 0.717) is 0 Å². The summed E-state index contributed by atoms with van der Waals surface area (Å²) in [5, 5.41) is 7.09. The van der Waals surface area contributed by atoms with E-state index in [9.17, 15) is 0 Å². The van der Waals surface area contributed by atoms with Gasteiger partial charge in [0.15, 0.2) is 0 Å². The Morgan fingerprint density at radius 3 is 1.66 bits per heavy atom. The average molecular weight is 816 g/mol. The SMILES string of the molecule is c1ccc(-c2ccc(-c3cccc4ccccc34)cc2N(c2cccc(-c3cccc4c3oc3ccccc34)c2)c2ccccc2-c2cccc3cccc(-c4ccccc4)c23)cc1. The molecule has 12 rings (SSSR count). The Hall–Kier alpha value is -8.46. The first-order chi connectivity index (χ1) is 31.8. The lowest BCUT2D eigenvalue weighted by atomic mass is 9.90. The smallest absolute Gasteiger partial charge is 0.143 e. The number of fused-ring (bicyclic) bond motifs is 5. The molecular weight excluding hydrogens is 775 g/mol. The number of benzene rings is 11. The number of anilines is 3. The summed E-state index contributed by atoms with van der Waals surface area (Å²) in [6, 6.07) is 89.9. The number of furan rings is 1. The van der Waals surface area contributed by atoms with E-state index in [1.807, 2.05) is 6.07 Å². The molecule has 0 aliphatic carbocycles. The Labute approximate surface area is 372 Å². The highest BCUT2D eigenvalue weighted by Gasteiger charge is 2.24. The van der Waals surface area contributed by atoms with Crippen LogP contribution in [-0.2, 0) is 0 Å². The van der Waals surface area contributed by atoms with Crippen LogP contribution in [0.25, 0.3) is 99.1 Å². The molecule has 12 aromatic rings. The first kappa shape index (κ1) is 37.3. The first-order valence-electron chi connectivity index (χ1n) is 21.9. The minimum absolute atomic E-state index is 0.888. The molecule has 0 aliphatic rings. The van der Waals surface area contributed by atoms with Crippen molar-refractivity contribution in [3.05, 3.63) is 249 Å². The van der Waals surface area contributed by atoms with Gasteiger partial charge in [0.1, 0.15) is 11.2 Å². The summed E-state index contributed by atoms with van der Waals surface area (Å²) in [6.07, 6.45) is 0. The van der Waals surface area contributed by atoms with Crippen molar-refractivity contribution in [2.24, 2.45) is 0 Å². The highest BCUT2D eigenvalue weighted by molar-refractivity contribution is 6.11. The molecule has 0 bridgehead atoms. The molecule has 1 heterocycles. The molecule has 300 valence electrons. The van der Waals surface area contributed by atoms with Crippen LogP contribution in [-0.4, -0.2) is 0 Å². The summed E-state index contributed by atoms with van der Waals surface area (Å²) < 4.78 is 6.64. The van der Waals surface area contributed by atoms with E-state index < -0.39 is 0 Å². The number of hydrogen-bond donors (Lipinski definition) is 0. The fourth-order valence-electron chi connectivity index (χ4n) is 9.74. The monoisotopic (exact) mass is 815 g/mol. The van der Waals surface area contributed by atoms with Gasteiger partial charge >= 0.3 is 0 Å². The highest BCUT2D eigenvalue weighted by atomic mass is 16.3. The van der Waals surface area contributed by atoms with Crippen molar-refractivity contribution in [2.75, 3.05) is 4.90 Å². The van der Waals surface area contributed by atoms with Gasteiger partial charge in [-0.3, -0.25) is 0 Å². The Bertz CT molecular complexity index is 3670. The van der Waals surface area contributed by atoms with E-state index >= 15 is 0 Å². The van der Waals surface area contributed by atoms with Crippen molar-refractivity contribution in [3.8, 4) is 55.6 Å². The molecule has 2 nitrogen and oxygen atoms in total. The molecule has 0 unspecified atom stereocenters. The summed E-state index contributed by atoms with van der Waals surface area (Å²) in [5.74, 6) is 0. The largest absolute Gasteiger partial charge is 0.455 e. The van der Waals surface area contributed by atoms with E-state index in [1.54, 1.807) is 0 Å². The van der Waals surface area contributed by atoms with Crippen LogP contribution in [0.15, 0.2) is 253 Å². The second-order valence-corrected chi connectivity index (χ2v) is 16.4. The van der Waals surface area contributed by atoms with Crippen LogP contribution in [0, 0.1) is 0 Å². The van der Waals surface area contributed by atoms with Crippen LogP contribution in [0.2, 0.25) is 0 Å². The lowest BCUT2D eigenvalue weighted by Crippen LogP contribution is -2.13. The first-order valence-corrected chi connectivity index (χ1v) is 21.9. The summed E-state index contributed by atoms with van der Waals surface area (Å²) in [6.45, 7) is 0. The normalized spacial score (nSPS) is 11.4. The van der Waals surface area contributed by atoms with Crippen LogP contribution >= 0.6 is 0 Å². The van der Waals surface area contributed by atoms with Crippen molar-refractivity contribution in [2.45, 2.75) is 0 Å². The van der Waals surface area contributed by atoms with Gasteiger partial charge in [-0.05, 0) is 90.8 Å². The van der Waals surface area contributed by atoms with Crippen LogP contribution < -0.4 is 4.90 Å². The van der Waals surface area contributed by atoms with Crippen LogP contribution in [0.3, 0.4) is 0 Å². The molecule has 0 saturated carbocycles. The van der Waals surface area contributed by atoms with Gasteiger partial charge in [0.25, 0.3) is 0 Å². The van der Waals surface area contributed by atoms with Gasteiger partial charge in [0.05, 0.1) is 11.4 Å². The van der Waals surface area contributed by atoms with Gasteiger partial charge in [-0.1, -0.05) is 218 Å². The topological polar surface area (TPSA) is 16.4 Å². The second kappa shape index (κ2) is 15.8. The zero-order valence-corrected chi connectivity index (χ0v) is 35.0. The van der Waals surface area contributed by atoms with Gasteiger partial charge in [0, 0.05) is 33.2 Å². The standard InChI is InChI=1S/C62H41NO/c1-3-18-43(19-4-1)51-39-38-47(50-31-14-23-42-22-7-8-28-49(42)50)41-59(51)63(48-27-13-26-46(40-48)53-33-17-35-57-55-30-10-12-37-60(55)64-62(53)57)58-36-11-9-29-54(58)56-34-16-25-45-24-15-32-52(61(45)56)44-20-5-2-6-21-44/h1-41H. The fourth-order valence-corrected chi connectivity index (χ4v) is 9.74. The third-order valence-corrected chi connectivity index (χ3v) is 12.7. The molecule has 0 aliphatic heterocycles. The Morgan fingerprint density at radius 2 is 0.828 bits per heavy atom. The fraction of sp³-hybridized carbons (Fsp3) is 0. The molecule has 1 aromatic heterocycles. The molecule has 0 radical (unpaired) electrons. The van der Waals surface area contributed by atoms with Crippen LogP contribution in [0.4, 0.5) is 17.1 Å². The molecule has 0 saturated heterocycles. The predicted molar refractivity (Wildman–Crippen MR) is 271 cm³/mol. The molecule has 0 fully saturated rings. The number of nitrogens with zero attached hydrogens (tertiary/aromatic N) is 1. The summed E-state index contributed by atoms with van der Waals surface area (Å²) in [4.78, 5) is 2.48. The minimum Gasteiger partial charge on any atom is -0.455 e. The summed E-state index contributed by atoms with van der Waals surface area (Å²) in [5.41, 5.74) is 16.4. The maximum Gasteiger partial charge on any atom is 0.143 e. The van der Waals surface area contributed by atoms with Crippen molar-refractivity contribution in [1.82, 2.24) is 0 Å². The van der Waals surface area contributed by atoms with E-state index in [0.717, 1.165) is 72.4 Å². The molecule has 0 amide bonds. The van der Waals surface area contributed by atoms with Crippen molar-refractivity contribution >= 4 is 60.5 Å². The minimum atomic E-state index is 0.888. The van der Waals surface area contributed by atoms with E-state index in [4.69, 9.17) is 4.42 Å². The molecule has 2 heteroatoms. The molecule has 0 spiro atoms. The number of hydrogen-bond acceptors (Lipinski definition) is 2. The van der Waals surface area contributed by atoms with Gasteiger partial charge in [-0.2, -0.15) is 0 Å². The van der Waals surface area contributed by atoms with Gasteiger partial charge in [-0.15, -0.1) is 0 Å². The molecule has 64 heavy (non-hydrogen) atoms. The molecular formula is C62H41NO. The lowest BCUT2D eigenvalue weighted by molar-refractivity contribution is 0.670. The van der Waals surface area contributed by atoms with Crippen LogP contribution in [0.1, 0.15) is 0 Å². The third-order valence-electron chi connectivity index (χ3n) is 12.7. The second-order valence-electron chi connectivity index (χ2n) is 16.4. The summed E-state index contributed by atoms with van der Waals surface area (Å²) in [7, 11) is 0. The van der Waals surface area contributed by atoms with Crippen molar-refractivity contribution in [3.63, 3.8) is 0 Å². The quantitative estimate of drug-likeness (QED) is 0.152. The Kier molecular flexibility index (Phi) is 9.20. The third kappa shape index (κ3) is 6.44. The lowest BCUT2D eigenvalue weighted by Gasteiger charge is -2.31. The van der Waals surface area contributed by atoms with Gasteiger partial charge in [0.2, 0.25) is 0 Å². The summed E-state index contributed by atoms with van der Waals surface area (Å²) >= 11 is 0. The molecule has 0 atom stereocenters. The zero-order valence-electron chi connectivity index (χ0n) is 35.0. The number of para-hydroxylation sites is 3. The molecule has 0 N–H and O–H groups in total. The maximum absolute atomic E-state index is 6.64. The average Bonchev–Trinajstić information content (AvgIpc) is 3.76. The van der Waals surface area contributed by atoms with Crippen LogP contribution in [0.5, 0.6) is 0 Å². The number of rotatable bonds is 8. The van der Waals surface area contributed by atoms with Gasteiger partial charge < -0.3 is 9.32 Å².